The quantitative estimate of drug-likeness (QED) is 0.572. The zero-order valence-electron chi connectivity index (χ0n) is 19.4. The van der Waals surface area contributed by atoms with Crippen molar-refractivity contribution in [3.05, 3.63) is 46.7 Å². The fraction of sp³-hybridized carbons (Fsp3) is 0.400. The van der Waals surface area contributed by atoms with Crippen LogP contribution in [0.4, 0.5) is 0 Å². The second-order valence-corrected chi connectivity index (χ2v) is 10.1. The summed E-state index contributed by atoms with van der Waals surface area (Å²) < 4.78 is 7.34. The Morgan fingerprint density at radius 3 is 2.68 bits per heavy atom. The van der Waals surface area contributed by atoms with Gasteiger partial charge in [0.15, 0.2) is 0 Å². The molecule has 34 heavy (non-hydrogen) atoms. The number of carbonyl (C=O) groups is 2. The first-order valence-corrected chi connectivity index (χ1v) is 12.2. The Morgan fingerprint density at radius 1 is 1.24 bits per heavy atom. The highest BCUT2D eigenvalue weighted by Crippen LogP contribution is 2.44. The van der Waals surface area contributed by atoms with E-state index in [1.165, 1.54) is 18.4 Å². The molecule has 2 atom stereocenters. The SMILES string of the molecule is COc1cc2c(cc1C(=O)O)-c1c(-c3cncs3)cc(C(=O)N3CCC[C@]3(C)[C@@H](C)O)n1CC2. The van der Waals surface area contributed by atoms with Gasteiger partial charge >= 0.3 is 5.97 Å². The van der Waals surface area contributed by atoms with Crippen LogP contribution < -0.4 is 4.74 Å². The topological polar surface area (TPSA) is 105 Å². The number of thiazole rings is 1. The maximum absolute atomic E-state index is 13.9. The van der Waals surface area contributed by atoms with Gasteiger partial charge in [-0.3, -0.25) is 9.78 Å². The van der Waals surface area contributed by atoms with E-state index in [9.17, 15) is 19.8 Å². The van der Waals surface area contributed by atoms with Crippen molar-refractivity contribution in [3.63, 3.8) is 0 Å². The number of fused-ring (bicyclic) bond motifs is 3. The lowest BCUT2D eigenvalue weighted by molar-refractivity contribution is 0.0145. The number of hydrogen-bond acceptors (Lipinski definition) is 6. The summed E-state index contributed by atoms with van der Waals surface area (Å²) in [4.78, 5) is 32.7. The van der Waals surface area contributed by atoms with Crippen LogP contribution in [0.3, 0.4) is 0 Å². The Labute approximate surface area is 201 Å². The Kier molecular flexibility index (Phi) is 5.49. The number of aliphatic hydroxyl groups excluding tert-OH is 1. The minimum atomic E-state index is -1.07. The molecule has 3 aromatic rings. The summed E-state index contributed by atoms with van der Waals surface area (Å²) in [6.45, 7) is 4.84. The molecule has 4 heterocycles. The molecule has 8 nitrogen and oxygen atoms in total. The molecule has 0 saturated carbocycles. The lowest BCUT2D eigenvalue weighted by Gasteiger charge is -2.38. The molecule has 9 heteroatoms. The average molecular weight is 482 g/mol. The molecule has 2 aliphatic rings. The Hall–Kier alpha value is -3.17. The minimum Gasteiger partial charge on any atom is -0.496 e. The van der Waals surface area contributed by atoms with Gasteiger partial charge in [0.25, 0.3) is 5.91 Å². The van der Waals surface area contributed by atoms with Crippen LogP contribution in [0.25, 0.3) is 21.7 Å². The van der Waals surface area contributed by atoms with E-state index in [4.69, 9.17) is 4.74 Å². The van der Waals surface area contributed by atoms with E-state index in [0.717, 1.165) is 40.1 Å². The predicted molar refractivity (Wildman–Crippen MR) is 129 cm³/mol. The molecule has 178 valence electrons. The van der Waals surface area contributed by atoms with Crippen molar-refractivity contribution >= 4 is 23.2 Å². The van der Waals surface area contributed by atoms with Crippen molar-refractivity contribution < 1.29 is 24.5 Å². The molecule has 0 unspecified atom stereocenters. The molecule has 0 bridgehead atoms. The number of ether oxygens (including phenoxy) is 1. The number of carboxylic acid groups (broad SMARTS) is 1. The van der Waals surface area contributed by atoms with Gasteiger partial charge in [-0.05, 0) is 56.9 Å². The Balaban J connectivity index is 1.71. The number of amides is 1. The molecule has 5 rings (SSSR count). The van der Waals surface area contributed by atoms with E-state index >= 15 is 0 Å². The third-order valence-electron chi connectivity index (χ3n) is 7.36. The third-order valence-corrected chi connectivity index (χ3v) is 8.16. The fourth-order valence-corrected chi connectivity index (χ4v) is 5.93. The van der Waals surface area contributed by atoms with Crippen molar-refractivity contribution in [3.8, 4) is 27.4 Å². The minimum absolute atomic E-state index is 0.0836. The summed E-state index contributed by atoms with van der Waals surface area (Å²) in [6.07, 6.45) is 3.34. The number of rotatable bonds is 5. The van der Waals surface area contributed by atoms with Crippen molar-refractivity contribution in [2.45, 2.75) is 51.3 Å². The van der Waals surface area contributed by atoms with Gasteiger partial charge in [0.05, 0.1) is 34.8 Å². The number of methoxy groups -OCH3 is 1. The summed E-state index contributed by atoms with van der Waals surface area (Å²) in [5.74, 6) is -0.858. The van der Waals surface area contributed by atoms with E-state index < -0.39 is 17.6 Å². The van der Waals surface area contributed by atoms with Gasteiger partial charge in [0, 0.05) is 30.4 Å². The number of hydrogen-bond donors (Lipinski definition) is 2. The summed E-state index contributed by atoms with van der Waals surface area (Å²) in [5, 5.41) is 20.2. The third kappa shape index (κ3) is 3.33. The highest BCUT2D eigenvalue weighted by molar-refractivity contribution is 7.13. The van der Waals surface area contributed by atoms with E-state index in [1.54, 1.807) is 35.7 Å². The highest BCUT2D eigenvalue weighted by Gasteiger charge is 2.44. The summed E-state index contributed by atoms with van der Waals surface area (Å²) in [6, 6.07) is 5.33. The number of carboxylic acids is 1. The lowest BCUT2D eigenvalue weighted by Crippen LogP contribution is -2.52. The molecule has 2 aliphatic heterocycles. The van der Waals surface area contributed by atoms with Gasteiger partial charge in [-0.25, -0.2) is 4.79 Å². The predicted octanol–water partition coefficient (Wildman–Crippen LogP) is 3.92. The molecule has 2 N–H and O–H groups in total. The molecule has 0 radical (unpaired) electrons. The number of aliphatic hydroxyl groups is 1. The molecule has 2 aromatic heterocycles. The fourth-order valence-electron chi connectivity index (χ4n) is 5.29. The number of aromatic nitrogens is 2. The van der Waals surface area contributed by atoms with Crippen LogP contribution in [-0.4, -0.2) is 61.8 Å². The van der Waals surface area contributed by atoms with Crippen LogP contribution in [0, 0.1) is 0 Å². The van der Waals surface area contributed by atoms with Gasteiger partial charge < -0.3 is 24.4 Å². The van der Waals surface area contributed by atoms with Gasteiger partial charge in [0.1, 0.15) is 17.0 Å². The standard InChI is InChI=1S/C25H27N3O5S/c1-14(29)25(2)6-4-7-28(25)23(30)19-11-18(21-12-26-13-34-21)22-16-10-17(24(31)32)20(33-3)9-15(16)5-8-27(19)22/h9-14,29H,4-8H2,1-3H3,(H,31,32)/t14-,25-/m1/s1. The van der Waals surface area contributed by atoms with Crippen molar-refractivity contribution in [1.29, 1.82) is 0 Å². The maximum atomic E-state index is 13.9. The lowest BCUT2D eigenvalue weighted by atomic mass is 9.92. The van der Waals surface area contributed by atoms with E-state index in [1.807, 2.05) is 17.6 Å². The smallest absolute Gasteiger partial charge is 0.339 e. The normalized spacial score (nSPS) is 20.1. The molecular formula is C25H27N3O5S. The Bertz CT molecular complexity index is 1280. The molecule has 0 spiro atoms. The average Bonchev–Trinajstić information content (AvgIpc) is 3.56. The molecule has 1 fully saturated rings. The first-order chi connectivity index (χ1) is 16.3. The van der Waals surface area contributed by atoms with E-state index in [2.05, 4.69) is 4.98 Å². The summed E-state index contributed by atoms with van der Waals surface area (Å²) >= 11 is 1.47. The number of likely N-dealkylation sites (tertiary alicyclic amines) is 1. The van der Waals surface area contributed by atoms with Gasteiger partial charge in [-0.2, -0.15) is 0 Å². The zero-order valence-corrected chi connectivity index (χ0v) is 20.2. The zero-order chi connectivity index (χ0) is 24.2. The number of aromatic carboxylic acids is 1. The summed E-state index contributed by atoms with van der Waals surface area (Å²) in [7, 11) is 1.47. The molecular weight excluding hydrogens is 454 g/mol. The number of aryl methyl sites for hydroxylation is 1. The van der Waals surface area contributed by atoms with Gasteiger partial charge in [-0.15, -0.1) is 11.3 Å². The largest absolute Gasteiger partial charge is 0.496 e. The molecule has 1 saturated heterocycles. The van der Waals surface area contributed by atoms with Crippen LogP contribution in [0.5, 0.6) is 5.75 Å². The van der Waals surface area contributed by atoms with Gasteiger partial charge in [-0.1, -0.05) is 0 Å². The van der Waals surface area contributed by atoms with Crippen molar-refractivity contribution in [1.82, 2.24) is 14.5 Å². The number of carbonyl (C=O) groups excluding carboxylic acids is 1. The molecule has 1 amide bonds. The second-order valence-electron chi connectivity index (χ2n) is 9.17. The van der Waals surface area contributed by atoms with Crippen LogP contribution in [0.2, 0.25) is 0 Å². The molecule has 1 aromatic carbocycles. The molecule has 0 aliphatic carbocycles. The van der Waals surface area contributed by atoms with Crippen LogP contribution in [0.15, 0.2) is 29.9 Å². The van der Waals surface area contributed by atoms with E-state index in [-0.39, 0.29) is 11.5 Å². The summed E-state index contributed by atoms with van der Waals surface area (Å²) in [5.41, 5.74) is 5.18. The first-order valence-electron chi connectivity index (χ1n) is 11.3. The van der Waals surface area contributed by atoms with Crippen molar-refractivity contribution in [2.75, 3.05) is 13.7 Å². The monoisotopic (exact) mass is 481 g/mol. The van der Waals surface area contributed by atoms with Crippen LogP contribution in [-0.2, 0) is 13.0 Å². The number of benzene rings is 1. The van der Waals surface area contributed by atoms with E-state index in [0.29, 0.717) is 31.0 Å². The van der Waals surface area contributed by atoms with Crippen LogP contribution >= 0.6 is 11.3 Å². The van der Waals surface area contributed by atoms with Crippen molar-refractivity contribution in [2.24, 2.45) is 0 Å². The second kappa shape index (κ2) is 8.25. The highest BCUT2D eigenvalue weighted by atomic mass is 32.1. The number of nitrogens with zero attached hydrogens (tertiary/aromatic N) is 3. The Morgan fingerprint density at radius 2 is 2.03 bits per heavy atom. The maximum Gasteiger partial charge on any atom is 0.339 e. The van der Waals surface area contributed by atoms with Crippen LogP contribution in [0.1, 0.15) is 53.1 Å². The first kappa shape index (κ1) is 22.6. The van der Waals surface area contributed by atoms with Gasteiger partial charge in [0.2, 0.25) is 0 Å².